The summed E-state index contributed by atoms with van der Waals surface area (Å²) in [6.07, 6.45) is 3.13. The fraction of sp³-hybridized carbons (Fsp3) is 0.500. The first-order chi connectivity index (χ1) is 7.56. The van der Waals surface area contributed by atoms with Gasteiger partial charge in [0.2, 0.25) is 5.95 Å². The number of hydrogen-bond acceptors (Lipinski definition) is 3. The average molecular weight is 216 g/mol. The largest absolute Gasteiger partial charge is 0.350 e. The highest BCUT2D eigenvalue weighted by Crippen LogP contribution is 2.46. The quantitative estimate of drug-likeness (QED) is 0.837. The number of rotatable bonds is 2. The molecule has 16 heavy (non-hydrogen) atoms. The lowest BCUT2D eigenvalue weighted by Gasteiger charge is -2.02. The van der Waals surface area contributed by atoms with Crippen LogP contribution in [0, 0.1) is 12.3 Å². The normalized spacial score (nSPS) is 22.3. The number of pyridine rings is 1. The van der Waals surface area contributed by atoms with Gasteiger partial charge in [0, 0.05) is 12.2 Å². The Morgan fingerprint density at radius 3 is 2.88 bits per heavy atom. The molecule has 3 rings (SSSR count). The number of fused-ring (bicyclic) bond motifs is 1. The minimum atomic E-state index is 0.395. The van der Waals surface area contributed by atoms with E-state index in [9.17, 15) is 0 Å². The summed E-state index contributed by atoms with van der Waals surface area (Å²) < 4.78 is 1.83. The van der Waals surface area contributed by atoms with Crippen LogP contribution in [-0.2, 0) is 0 Å². The first-order valence-electron chi connectivity index (χ1n) is 5.65. The molecule has 4 nitrogen and oxygen atoms in total. The smallest absolute Gasteiger partial charge is 0.243 e. The minimum absolute atomic E-state index is 0.395. The van der Waals surface area contributed by atoms with Gasteiger partial charge in [-0.1, -0.05) is 19.9 Å². The summed E-state index contributed by atoms with van der Waals surface area (Å²) in [6, 6.07) is 4.56. The molecule has 1 fully saturated rings. The van der Waals surface area contributed by atoms with Gasteiger partial charge in [-0.15, -0.1) is 5.10 Å². The molecule has 0 aromatic carbocycles. The second-order valence-electron chi connectivity index (χ2n) is 5.28. The topological polar surface area (TPSA) is 42.2 Å². The summed E-state index contributed by atoms with van der Waals surface area (Å²) in [5.74, 6) is 0.741. The zero-order chi connectivity index (χ0) is 11.3. The maximum Gasteiger partial charge on any atom is 0.243 e. The standard InChI is InChI=1S/C12H16N4/c1-8-5-4-6-16-10(8)14-11(15-16)13-9-7-12(9,2)3/h4-6,9H,7H2,1-3H3,(H,13,15). The molecule has 0 bridgehead atoms. The molecular weight excluding hydrogens is 200 g/mol. The molecule has 0 aliphatic heterocycles. The molecule has 0 spiro atoms. The Morgan fingerprint density at radius 1 is 1.50 bits per heavy atom. The average Bonchev–Trinajstić information content (AvgIpc) is 2.64. The lowest BCUT2D eigenvalue weighted by Crippen LogP contribution is -2.09. The molecule has 0 radical (unpaired) electrons. The fourth-order valence-corrected chi connectivity index (χ4v) is 1.97. The van der Waals surface area contributed by atoms with Crippen LogP contribution in [0.15, 0.2) is 18.3 Å². The van der Waals surface area contributed by atoms with Gasteiger partial charge in [-0.25, -0.2) is 4.52 Å². The number of aromatic nitrogens is 3. The SMILES string of the molecule is Cc1cccn2nc(NC3CC3(C)C)nc12. The Hall–Kier alpha value is -1.58. The van der Waals surface area contributed by atoms with Crippen molar-refractivity contribution in [3.63, 3.8) is 0 Å². The van der Waals surface area contributed by atoms with Gasteiger partial charge in [-0.2, -0.15) is 4.98 Å². The molecule has 1 aliphatic rings. The van der Waals surface area contributed by atoms with Crippen molar-refractivity contribution in [2.75, 3.05) is 5.32 Å². The molecule has 2 aromatic rings. The molecule has 2 aromatic heterocycles. The molecule has 0 saturated heterocycles. The summed E-state index contributed by atoms with van der Waals surface area (Å²) in [6.45, 7) is 6.56. The van der Waals surface area contributed by atoms with Crippen molar-refractivity contribution in [3.05, 3.63) is 23.9 Å². The van der Waals surface area contributed by atoms with Crippen molar-refractivity contribution in [2.45, 2.75) is 33.2 Å². The Bertz CT molecular complexity index is 541. The van der Waals surface area contributed by atoms with E-state index >= 15 is 0 Å². The number of aryl methyl sites for hydroxylation is 1. The van der Waals surface area contributed by atoms with Gasteiger partial charge in [0.05, 0.1) is 0 Å². The van der Waals surface area contributed by atoms with Crippen LogP contribution in [0.5, 0.6) is 0 Å². The Balaban J connectivity index is 1.91. The summed E-state index contributed by atoms with van der Waals surface area (Å²) >= 11 is 0. The lowest BCUT2D eigenvalue weighted by atomic mass is 10.2. The highest BCUT2D eigenvalue weighted by atomic mass is 15.4. The monoisotopic (exact) mass is 216 g/mol. The van der Waals surface area contributed by atoms with Crippen LogP contribution >= 0.6 is 0 Å². The highest BCUT2D eigenvalue weighted by molar-refractivity contribution is 5.50. The molecule has 1 atom stereocenters. The predicted octanol–water partition coefficient (Wildman–Crippen LogP) is 2.25. The van der Waals surface area contributed by atoms with Crippen molar-refractivity contribution in [1.82, 2.24) is 14.6 Å². The zero-order valence-electron chi connectivity index (χ0n) is 9.86. The number of anilines is 1. The van der Waals surface area contributed by atoms with Crippen LogP contribution in [0.1, 0.15) is 25.8 Å². The van der Waals surface area contributed by atoms with Gasteiger partial charge in [-0.3, -0.25) is 0 Å². The van der Waals surface area contributed by atoms with E-state index in [0.29, 0.717) is 11.5 Å². The van der Waals surface area contributed by atoms with Gasteiger partial charge < -0.3 is 5.32 Å². The molecular formula is C12H16N4. The minimum Gasteiger partial charge on any atom is -0.350 e. The zero-order valence-corrected chi connectivity index (χ0v) is 9.86. The number of nitrogens with zero attached hydrogens (tertiary/aromatic N) is 3. The molecule has 84 valence electrons. The Kier molecular flexibility index (Phi) is 1.79. The summed E-state index contributed by atoms with van der Waals surface area (Å²) in [4.78, 5) is 4.50. The summed E-state index contributed by atoms with van der Waals surface area (Å²) in [7, 11) is 0. The van der Waals surface area contributed by atoms with E-state index in [0.717, 1.165) is 17.2 Å². The van der Waals surface area contributed by atoms with Gasteiger partial charge in [-0.05, 0) is 30.4 Å². The lowest BCUT2D eigenvalue weighted by molar-refractivity contribution is 0.629. The molecule has 1 saturated carbocycles. The highest BCUT2D eigenvalue weighted by Gasteiger charge is 2.46. The maximum absolute atomic E-state index is 4.50. The van der Waals surface area contributed by atoms with Gasteiger partial charge >= 0.3 is 0 Å². The first kappa shape index (κ1) is 9.63. The third-order valence-corrected chi connectivity index (χ3v) is 3.37. The van der Waals surface area contributed by atoms with E-state index in [1.54, 1.807) is 0 Å². The summed E-state index contributed by atoms with van der Waals surface area (Å²) in [5, 5.41) is 7.79. The van der Waals surface area contributed by atoms with E-state index in [1.807, 2.05) is 16.8 Å². The third kappa shape index (κ3) is 1.45. The predicted molar refractivity (Wildman–Crippen MR) is 63.5 cm³/mol. The Labute approximate surface area is 94.7 Å². The number of hydrogen-bond donors (Lipinski definition) is 1. The van der Waals surface area contributed by atoms with E-state index in [2.05, 4.69) is 42.2 Å². The van der Waals surface area contributed by atoms with Crippen LogP contribution in [-0.4, -0.2) is 20.6 Å². The molecule has 1 unspecified atom stereocenters. The van der Waals surface area contributed by atoms with Crippen molar-refractivity contribution in [3.8, 4) is 0 Å². The van der Waals surface area contributed by atoms with E-state index in [1.165, 1.54) is 6.42 Å². The van der Waals surface area contributed by atoms with Crippen molar-refractivity contribution in [1.29, 1.82) is 0 Å². The van der Waals surface area contributed by atoms with Gasteiger partial charge in [0.1, 0.15) is 0 Å². The molecule has 1 N–H and O–H groups in total. The third-order valence-electron chi connectivity index (χ3n) is 3.37. The molecule has 1 aliphatic carbocycles. The van der Waals surface area contributed by atoms with Gasteiger partial charge in [0.25, 0.3) is 0 Å². The van der Waals surface area contributed by atoms with Crippen molar-refractivity contribution >= 4 is 11.6 Å². The van der Waals surface area contributed by atoms with Gasteiger partial charge in [0.15, 0.2) is 5.65 Å². The molecule has 4 heteroatoms. The second-order valence-corrected chi connectivity index (χ2v) is 5.28. The molecule has 0 amide bonds. The van der Waals surface area contributed by atoms with Crippen molar-refractivity contribution < 1.29 is 0 Å². The van der Waals surface area contributed by atoms with Crippen LogP contribution < -0.4 is 5.32 Å². The number of nitrogens with one attached hydrogen (secondary N) is 1. The van der Waals surface area contributed by atoms with E-state index < -0.39 is 0 Å². The van der Waals surface area contributed by atoms with Crippen molar-refractivity contribution in [2.24, 2.45) is 5.41 Å². The first-order valence-corrected chi connectivity index (χ1v) is 5.65. The second kappa shape index (κ2) is 2.97. The van der Waals surface area contributed by atoms with Crippen LogP contribution in [0.25, 0.3) is 5.65 Å². The molecule has 2 heterocycles. The van der Waals surface area contributed by atoms with Crippen LogP contribution in [0.2, 0.25) is 0 Å². The van der Waals surface area contributed by atoms with E-state index in [4.69, 9.17) is 0 Å². The fourth-order valence-electron chi connectivity index (χ4n) is 1.97. The summed E-state index contributed by atoms with van der Waals surface area (Å²) in [5.41, 5.74) is 2.48. The maximum atomic E-state index is 4.50. The Morgan fingerprint density at radius 2 is 2.25 bits per heavy atom. The van der Waals surface area contributed by atoms with Crippen LogP contribution in [0.3, 0.4) is 0 Å². The van der Waals surface area contributed by atoms with E-state index in [-0.39, 0.29) is 0 Å². The van der Waals surface area contributed by atoms with Crippen LogP contribution in [0.4, 0.5) is 5.95 Å².